The molecule has 1 atom stereocenters. The number of hydrogen-bond donors (Lipinski definition) is 1. The standard InChI is InChI=1S/C47H31N3O/c1-3-13-33(14-4-1)45-48-46(34-15-5-2-6-16-34)50-47(49-45)41-28-36-17-8-10-20-39(36)44-43(41)40-27-26-35(29-42(40)51-44)30-22-24-32(25-23-30)38-21-11-18-31-12-7-9-19-37(31)38/h1-29,45H,(H,48,49,50). The zero-order valence-electron chi connectivity index (χ0n) is 27.6. The van der Waals surface area contributed by atoms with Crippen LogP contribution in [0.15, 0.2) is 190 Å². The van der Waals surface area contributed by atoms with Gasteiger partial charge in [0, 0.05) is 27.3 Å². The van der Waals surface area contributed by atoms with E-state index < -0.39 is 0 Å². The summed E-state index contributed by atoms with van der Waals surface area (Å²) in [5.74, 6) is 1.46. The highest BCUT2D eigenvalue weighted by Crippen LogP contribution is 2.40. The summed E-state index contributed by atoms with van der Waals surface area (Å²) in [7, 11) is 0. The van der Waals surface area contributed by atoms with Crippen molar-refractivity contribution in [1.82, 2.24) is 5.32 Å². The minimum atomic E-state index is -0.294. The summed E-state index contributed by atoms with van der Waals surface area (Å²) in [6, 6.07) is 61.6. The Morgan fingerprint density at radius 2 is 1.14 bits per heavy atom. The molecule has 4 nitrogen and oxygen atoms in total. The van der Waals surface area contributed by atoms with Crippen LogP contribution in [0.1, 0.15) is 22.9 Å². The third-order valence-electron chi connectivity index (χ3n) is 9.93. The van der Waals surface area contributed by atoms with Crippen LogP contribution in [0.2, 0.25) is 0 Å². The van der Waals surface area contributed by atoms with Crippen LogP contribution in [0.25, 0.3) is 65.7 Å². The van der Waals surface area contributed by atoms with E-state index >= 15 is 0 Å². The predicted octanol–water partition coefficient (Wildman–Crippen LogP) is 11.7. The predicted molar refractivity (Wildman–Crippen MR) is 211 cm³/mol. The van der Waals surface area contributed by atoms with Crippen molar-refractivity contribution in [3.05, 3.63) is 193 Å². The van der Waals surface area contributed by atoms with Crippen LogP contribution >= 0.6 is 0 Å². The Kier molecular flexibility index (Phi) is 6.85. The Morgan fingerprint density at radius 3 is 1.96 bits per heavy atom. The summed E-state index contributed by atoms with van der Waals surface area (Å²) >= 11 is 0. The fourth-order valence-electron chi connectivity index (χ4n) is 7.41. The maximum Gasteiger partial charge on any atom is 0.159 e. The van der Waals surface area contributed by atoms with E-state index in [4.69, 9.17) is 14.4 Å². The summed E-state index contributed by atoms with van der Waals surface area (Å²) < 4.78 is 6.81. The molecule has 0 fully saturated rings. The first kappa shape index (κ1) is 29.2. The molecule has 0 amide bonds. The zero-order chi connectivity index (χ0) is 33.7. The number of nitrogens with zero attached hydrogens (tertiary/aromatic N) is 2. The molecule has 10 rings (SSSR count). The molecule has 1 aliphatic heterocycles. The lowest BCUT2D eigenvalue weighted by Gasteiger charge is -2.24. The van der Waals surface area contributed by atoms with Crippen LogP contribution in [-0.2, 0) is 0 Å². The minimum Gasteiger partial charge on any atom is -0.455 e. The quantitative estimate of drug-likeness (QED) is 0.201. The molecule has 0 spiro atoms. The Balaban J connectivity index is 1.11. The van der Waals surface area contributed by atoms with Gasteiger partial charge in [-0.25, -0.2) is 9.98 Å². The Bertz CT molecular complexity index is 2810. The first-order valence-corrected chi connectivity index (χ1v) is 17.3. The molecule has 0 radical (unpaired) electrons. The highest BCUT2D eigenvalue weighted by atomic mass is 16.3. The molecule has 0 saturated carbocycles. The number of hydrogen-bond acceptors (Lipinski definition) is 4. The molecular weight excluding hydrogens is 623 g/mol. The Hall–Kier alpha value is -6.78. The topological polar surface area (TPSA) is 49.9 Å². The van der Waals surface area contributed by atoms with Crippen molar-refractivity contribution in [1.29, 1.82) is 0 Å². The molecule has 51 heavy (non-hydrogen) atoms. The van der Waals surface area contributed by atoms with Crippen molar-refractivity contribution in [2.24, 2.45) is 9.98 Å². The smallest absolute Gasteiger partial charge is 0.159 e. The van der Waals surface area contributed by atoms with Crippen molar-refractivity contribution in [3.63, 3.8) is 0 Å². The molecule has 4 heteroatoms. The van der Waals surface area contributed by atoms with Gasteiger partial charge in [-0.1, -0.05) is 158 Å². The average Bonchev–Trinajstić information content (AvgIpc) is 3.60. The van der Waals surface area contributed by atoms with Crippen molar-refractivity contribution in [3.8, 4) is 22.3 Å². The van der Waals surface area contributed by atoms with E-state index in [1.807, 2.05) is 36.4 Å². The van der Waals surface area contributed by atoms with Crippen LogP contribution < -0.4 is 5.32 Å². The van der Waals surface area contributed by atoms with E-state index in [2.05, 4.69) is 145 Å². The highest BCUT2D eigenvalue weighted by Gasteiger charge is 2.25. The van der Waals surface area contributed by atoms with Gasteiger partial charge in [-0.3, -0.25) is 0 Å². The van der Waals surface area contributed by atoms with Gasteiger partial charge in [-0.05, 0) is 62.2 Å². The second kappa shape index (κ2) is 12.0. The molecule has 9 aromatic rings. The Labute approximate surface area is 295 Å². The minimum absolute atomic E-state index is 0.294. The van der Waals surface area contributed by atoms with E-state index in [9.17, 15) is 0 Å². The number of fused-ring (bicyclic) bond motifs is 6. The van der Waals surface area contributed by atoms with E-state index in [0.29, 0.717) is 5.84 Å². The van der Waals surface area contributed by atoms with E-state index in [1.165, 1.54) is 21.9 Å². The van der Waals surface area contributed by atoms with Gasteiger partial charge in [-0.2, -0.15) is 0 Å². The molecular formula is C47H31N3O. The van der Waals surface area contributed by atoms with Gasteiger partial charge in [0.1, 0.15) is 23.2 Å². The second-order valence-corrected chi connectivity index (χ2v) is 13.0. The molecule has 0 aliphatic carbocycles. The van der Waals surface area contributed by atoms with Gasteiger partial charge in [-0.15, -0.1) is 0 Å². The molecule has 0 saturated heterocycles. The SMILES string of the molecule is c1ccc(C2=NC(c3ccccc3)NC(c3cc4ccccc4c4oc5cc(-c6ccc(-c7cccc8ccccc78)cc6)ccc5c34)=N2)cc1. The monoisotopic (exact) mass is 653 g/mol. The fraction of sp³-hybridized carbons (Fsp3) is 0.0213. The summed E-state index contributed by atoms with van der Waals surface area (Å²) in [5.41, 5.74) is 9.40. The normalized spacial score (nSPS) is 14.5. The second-order valence-electron chi connectivity index (χ2n) is 13.0. The van der Waals surface area contributed by atoms with Crippen molar-refractivity contribution in [2.75, 3.05) is 0 Å². The van der Waals surface area contributed by atoms with E-state index in [-0.39, 0.29) is 6.17 Å². The maximum atomic E-state index is 6.81. The maximum absolute atomic E-state index is 6.81. The van der Waals surface area contributed by atoms with E-state index in [1.54, 1.807) is 0 Å². The van der Waals surface area contributed by atoms with Crippen molar-refractivity contribution >= 4 is 55.2 Å². The van der Waals surface area contributed by atoms with Crippen LogP contribution in [0, 0.1) is 0 Å². The average molecular weight is 654 g/mol. The number of rotatable bonds is 5. The molecule has 1 aliphatic rings. The van der Waals surface area contributed by atoms with Gasteiger partial charge < -0.3 is 9.73 Å². The summed E-state index contributed by atoms with van der Waals surface area (Å²) in [4.78, 5) is 10.2. The van der Waals surface area contributed by atoms with Gasteiger partial charge in [0.2, 0.25) is 0 Å². The molecule has 240 valence electrons. The van der Waals surface area contributed by atoms with Crippen LogP contribution in [0.5, 0.6) is 0 Å². The summed E-state index contributed by atoms with van der Waals surface area (Å²) in [5, 5.41) is 10.4. The first-order valence-electron chi connectivity index (χ1n) is 17.3. The number of amidine groups is 2. The lowest BCUT2D eigenvalue weighted by molar-refractivity contribution is 0.671. The molecule has 1 N–H and O–H groups in total. The summed E-state index contributed by atoms with van der Waals surface area (Å²) in [6.07, 6.45) is -0.294. The van der Waals surface area contributed by atoms with Crippen molar-refractivity contribution < 1.29 is 4.42 Å². The molecule has 0 bridgehead atoms. The molecule has 1 unspecified atom stereocenters. The fourth-order valence-corrected chi connectivity index (χ4v) is 7.41. The Morgan fingerprint density at radius 1 is 0.471 bits per heavy atom. The number of furan rings is 1. The van der Waals surface area contributed by atoms with Crippen LogP contribution in [0.3, 0.4) is 0 Å². The van der Waals surface area contributed by atoms with E-state index in [0.717, 1.165) is 66.4 Å². The van der Waals surface area contributed by atoms with Gasteiger partial charge in [0.05, 0.1) is 0 Å². The van der Waals surface area contributed by atoms with Gasteiger partial charge in [0.25, 0.3) is 0 Å². The molecule has 1 aromatic heterocycles. The summed E-state index contributed by atoms with van der Waals surface area (Å²) in [6.45, 7) is 0. The highest BCUT2D eigenvalue weighted by molar-refractivity contribution is 6.26. The third-order valence-corrected chi connectivity index (χ3v) is 9.93. The van der Waals surface area contributed by atoms with Crippen LogP contribution in [-0.4, -0.2) is 11.7 Å². The zero-order valence-corrected chi connectivity index (χ0v) is 27.6. The molecule has 2 heterocycles. The van der Waals surface area contributed by atoms with Gasteiger partial charge in [0.15, 0.2) is 5.84 Å². The first-order chi connectivity index (χ1) is 25.3. The lowest BCUT2D eigenvalue weighted by Crippen LogP contribution is -2.33. The lowest BCUT2D eigenvalue weighted by atomic mass is 9.95. The van der Waals surface area contributed by atoms with Crippen molar-refractivity contribution in [2.45, 2.75) is 6.17 Å². The largest absolute Gasteiger partial charge is 0.455 e. The third kappa shape index (κ3) is 5.08. The van der Waals surface area contributed by atoms with Crippen LogP contribution in [0.4, 0.5) is 0 Å². The molecule has 8 aromatic carbocycles. The number of benzene rings is 8. The van der Waals surface area contributed by atoms with Gasteiger partial charge >= 0.3 is 0 Å². The number of aliphatic imine (C=N–C) groups is 2. The number of nitrogens with one attached hydrogen (secondary N) is 1.